The van der Waals surface area contributed by atoms with Gasteiger partial charge in [0.15, 0.2) is 5.82 Å². The van der Waals surface area contributed by atoms with E-state index in [1.54, 1.807) is 30.7 Å². The van der Waals surface area contributed by atoms with Crippen molar-refractivity contribution in [1.82, 2.24) is 25.1 Å². The normalized spacial score (nSPS) is 11.0. The van der Waals surface area contributed by atoms with E-state index in [-0.39, 0.29) is 0 Å². The number of pyridine rings is 3. The zero-order chi connectivity index (χ0) is 18.9. The van der Waals surface area contributed by atoms with E-state index in [0.29, 0.717) is 28.0 Å². The lowest BCUT2D eigenvalue weighted by atomic mass is 10.2. The summed E-state index contributed by atoms with van der Waals surface area (Å²) in [5, 5.41) is 11.8. The topological polar surface area (TPSA) is 88.6 Å². The maximum atomic E-state index is 6.43. The van der Waals surface area contributed by atoms with Gasteiger partial charge >= 0.3 is 0 Å². The Hall–Kier alpha value is -3.71. The Morgan fingerprint density at radius 3 is 2.64 bits per heavy atom. The molecule has 4 heterocycles. The number of ether oxygens (including phenoxy) is 1. The molecule has 7 nitrogen and oxygen atoms in total. The summed E-state index contributed by atoms with van der Waals surface area (Å²) in [7, 11) is 0. The first-order valence-corrected chi connectivity index (χ1v) is 8.89. The van der Waals surface area contributed by atoms with Gasteiger partial charge in [0.05, 0.1) is 10.5 Å². The second-order valence-corrected chi connectivity index (χ2v) is 6.44. The fraction of sp³-hybridized carbons (Fsp3) is 0. The number of aromatic amines is 1. The Morgan fingerprint density at radius 2 is 1.75 bits per heavy atom. The van der Waals surface area contributed by atoms with Gasteiger partial charge in [-0.1, -0.05) is 17.7 Å². The number of anilines is 2. The number of H-pyrrole nitrogens is 1. The standard InChI is InChI=1S/C20H13ClN6O/c21-14-11-13(25-19-18-15(26-27-19)4-2-9-23-18)5-6-16(14)28-20-17-12(7-10-24-20)3-1-8-22-17/h1-11H,(H2,25,26,27). The van der Waals surface area contributed by atoms with Crippen molar-refractivity contribution < 1.29 is 4.74 Å². The molecule has 1 aromatic carbocycles. The van der Waals surface area contributed by atoms with Crippen LogP contribution in [0, 0.1) is 0 Å². The highest BCUT2D eigenvalue weighted by Crippen LogP contribution is 2.34. The summed E-state index contributed by atoms with van der Waals surface area (Å²) in [6.07, 6.45) is 5.10. The Morgan fingerprint density at radius 1 is 0.893 bits per heavy atom. The zero-order valence-corrected chi connectivity index (χ0v) is 15.2. The Kier molecular flexibility index (Phi) is 3.99. The molecule has 0 aliphatic heterocycles. The van der Waals surface area contributed by atoms with E-state index in [1.165, 1.54) is 0 Å². The molecular formula is C20H13ClN6O. The van der Waals surface area contributed by atoms with Gasteiger partial charge in [-0.05, 0) is 42.5 Å². The molecule has 4 aromatic heterocycles. The molecule has 0 aliphatic carbocycles. The number of nitrogens with zero attached hydrogens (tertiary/aromatic N) is 4. The van der Waals surface area contributed by atoms with Crippen LogP contribution in [0.5, 0.6) is 11.6 Å². The second kappa shape index (κ2) is 6.79. The summed E-state index contributed by atoms with van der Waals surface area (Å²) >= 11 is 6.43. The molecule has 136 valence electrons. The highest BCUT2D eigenvalue weighted by Gasteiger charge is 2.11. The highest BCUT2D eigenvalue weighted by molar-refractivity contribution is 6.32. The fourth-order valence-electron chi connectivity index (χ4n) is 2.89. The summed E-state index contributed by atoms with van der Waals surface area (Å²) in [5.74, 6) is 1.52. The first-order valence-electron chi connectivity index (χ1n) is 8.51. The van der Waals surface area contributed by atoms with Crippen LogP contribution in [0.15, 0.2) is 67.1 Å². The van der Waals surface area contributed by atoms with Crippen LogP contribution in [0.3, 0.4) is 0 Å². The van der Waals surface area contributed by atoms with Crippen molar-refractivity contribution in [2.45, 2.75) is 0 Å². The summed E-state index contributed by atoms with van der Waals surface area (Å²) in [4.78, 5) is 13.0. The van der Waals surface area contributed by atoms with Gasteiger partial charge in [-0.25, -0.2) is 4.98 Å². The van der Waals surface area contributed by atoms with Gasteiger partial charge in [0.2, 0.25) is 5.88 Å². The van der Waals surface area contributed by atoms with E-state index in [4.69, 9.17) is 16.3 Å². The molecule has 0 bridgehead atoms. The Bertz CT molecular complexity index is 1300. The average molecular weight is 389 g/mol. The quantitative estimate of drug-likeness (QED) is 0.445. The van der Waals surface area contributed by atoms with Crippen LogP contribution in [0.4, 0.5) is 11.5 Å². The van der Waals surface area contributed by atoms with Crippen LogP contribution >= 0.6 is 11.6 Å². The van der Waals surface area contributed by atoms with Gasteiger partial charge in [0.25, 0.3) is 0 Å². The lowest BCUT2D eigenvalue weighted by Gasteiger charge is -2.10. The zero-order valence-electron chi connectivity index (χ0n) is 14.4. The van der Waals surface area contributed by atoms with E-state index in [2.05, 4.69) is 30.5 Å². The van der Waals surface area contributed by atoms with Crippen molar-refractivity contribution >= 4 is 45.0 Å². The first kappa shape index (κ1) is 16.5. The fourth-order valence-corrected chi connectivity index (χ4v) is 3.11. The Labute approximate surface area is 164 Å². The maximum Gasteiger partial charge on any atom is 0.246 e. The monoisotopic (exact) mass is 388 g/mol. The van der Waals surface area contributed by atoms with Crippen molar-refractivity contribution in [3.8, 4) is 11.6 Å². The number of benzene rings is 1. The number of aromatic nitrogens is 5. The largest absolute Gasteiger partial charge is 0.435 e. The van der Waals surface area contributed by atoms with Crippen LogP contribution in [-0.2, 0) is 0 Å². The molecule has 8 heteroatoms. The molecule has 0 fully saturated rings. The smallest absolute Gasteiger partial charge is 0.246 e. The molecule has 0 saturated carbocycles. The van der Waals surface area contributed by atoms with Crippen LogP contribution in [0.25, 0.3) is 21.9 Å². The number of hydrogen-bond donors (Lipinski definition) is 2. The third-order valence-electron chi connectivity index (χ3n) is 4.21. The molecule has 0 unspecified atom stereocenters. The molecule has 0 amide bonds. The van der Waals surface area contributed by atoms with Crippen molar-refractivity contribution in [1.29, 1.82) is 0 Å². The van der Waals surface area contributed by atoms with Gasteiger partial charge in [0, 0.05) is 29.7 Å². The molecule has 0 saturated heterocycles. The van der Waals surface area contributed by atoms with E-state index < -0.39 is 0 Å². The van der Waals surface area contributed by atoms with Crippen molar-refractivity contribution in [3.05, 3.63) is 72.1 Å². The molecule has 5 aromatic rings. The van der Waals surface area contributed by atoms with Gasteiger partial charge in [-0.2, -0.15) is 5.10 Å². The van der Waals surface area contributed by atoms with E-state index in [0.717, 1.165) is 22.1 Å². The van der Waals surface area contributed by atoms with Gasteiger partial charge in [0.1, 0.15) is 16.8 Å². The predicted octanol–water partition coefficient (Wildman–Crippen LogP) is 5.09. The van der Waals surface area contributed by atoms with Crippen molar-refractivity contribution in [3.63, 3.8) is 0 Å². The molecule has 28 heavy (non-hydrogen) atoms. The SMILES string of the molecule is Clc1cc(Nc2n[nH]c3cccnc23)ccc1Oc1nccc2cccnc12. The minimum absolute atomic E-state index is 0.406. The number of fused-ring (bicyclic) bond motifs is 2. The van der Waals surface area contributed by atoms with E-state index >= 15 is 0 Å². The van der Waals surface area contributed by atoms with E-state index in [9.17, 15) is 0 Å². The van der Waals surface area contributed by atoms with Gasteiger partial charge in [-0.3, -0.25) is 15.1 Å². The molecular weight excluding hydrogens is 376 g/mol. The second-order valence-electron chi connectivity index (χ2n) is 6.04. The average Bonchev–Trinajstić information content (AvgIpc) is 3.13. The van der Waals surface area contributed by atoms with Crippen LogP contribution in [-0.4, -0.2) is 25.1 Å². The van der Waals surface area contributed by atoms with Crippen LogP contribution in [0.2, 0.25) is 5.02 Å². The summed E-state index contributed by atoms with van der Waals surface area (Å²) in [6, 6.07) is 14.9. The third kappa shape index (κ3) is 2.97. The summed E-state index contributed by atoms with van der Waals surface area (Å²) < 4.78 is 5.92. The van der Waals surface area contributed by atoms with Crippen LogP contribution in [0.1, 0.15) is 0 Å². The first-order chi connectivity index (χ1) is 13.8. The maximum absolute atomic E-state index is 6.43. The highest BCUT2D eigenvalue weighted by atomic mass is 35.5. The molecule has 0 spiro atoms. The van der Waals surface area contributed by atoms with Crippen molar-refractivity contribution in [2.24, 2.45) is 0 Å². The lowest BCUT2D eigenvalue weighted by Crippen LogP contribution is -1.94. The summed E-state index contributed by atoms with van der Waals surface area (Å²) in [5.41, 5.74) is 3.05. The van der Waals surface area contributed by atoms with Gasteiger partial charge in [-0.15, -0.1) is 0 Å². The van der Waals surface area contributed by atoms with Crippen LogP contribution < -0.4 is 10.1 Å². The lowest BCUT2D eigenvalue weighted by molar-refractivity contribution is 0.468. The molecule has 0 radical (unpaired) electrons. The van der Waals surface area contributed by atoms with E-state index in [1.807, 2.05) is 36.4 Å². The van der Waals surface area contributed by atoms with Crippen molar-refractivity contribution in [2.75, 3.05) is 5.32 Å². The number of halogens is 1. The molecule has 2 N–H and O–H groups in total. The number of hydrogen-bond acceptors (Lipinski definition) is 6. The minimum Gasteiger partial charge on any atom is -0.435 e. The number of rotatable bonds is 4. The minimum atomic E-state index is 0.406. The summed E-state index contributed by atoms with van der Waals surface area (Å²) in [6.45, 7) is 0. The Balaban J connectivity index is 1.43. The molecule has 0 atom stereocenters. The predicted molar refractivity (Wildman–Crippen MR) is 108 cm³/mol. The molecule has 5 rings (SSSR count). The van der Waals surface area contributed by atoms with Gasteiger partial charge < -0.3 is 10.1 Å². The number of nitrogens with one attached hydrogen (secondary N) is 2. The molecule has 0 aliphatic rings. The third-order valence-corrected chi connectivity index (χ3v) is 4.50.